The van der Waals surface area contributed by atoms with Crippen molar-refractivity contribution >= 4 is 5.91 Å². The Hall–Kier alpha value is -3.12. The fraction of sp³-hybridized carbons (Fsp3) is 0.333. The monoisotopic (exact) mass is 402 g/mol. The third kappa shape index (κ3) is 3.71. The molecule has 6 heteroatoms. The molecular formula is C24H26N4O2. The van der Waals surface area contributed by atoms with E-state index in [-0.39, 0.29) is 12.0 Å². The first-order valence-electron chi connectivity index (χ1n) is 10.5. The van der Waals surface area contributed by atoms with Crippen molar-refractivity contribution in [1.82, 2.24) is 19.6 Å². The van der Waals surface area contributed by atoms with Crippen LogP contribution < -0.4 is 4.74 Å². The highest BCUT2D eigenvalue weighted by Crippen LogP contribution is 2.33. The summed E-state index contributed by atoms with van der Waals surface area (Å²) < 4.78 is 8.12. The molecule has 30 heavy (non-hydrogen) atoms. The lowest BCUT2D eigenvalue weighted by Crippen LogP contribution is -2.36. The first kappa shape index (κ1) is 18.9. The average molecular weight is 402 g/mol. The molecule has 3 heterocycles. The molecule has 1 amide bonds. The van der Waals surface area contributed by atoms with E-state index < -0.39 is 0 Å². The van der Waals surface area contributed by atoms with Gasteiger partial charge in [0.15, 0.2) is 0 Å². The second-order valence-electron chi connectivity index (χ2n) is 8.19. The van der Waals surface area contributed by atoms with E-state index in [4.69, 9.17) is 4.74 Å². The number of hydrogen-bond acceptors (Lipinski definition) is 4. The summed E-state index contributed by atoms with van der Waals surface area (Å²) in [6.07, 6.45) is 5.87. The summed E-state index contributed by atoms with van der Waals surface area (Å²) in [7, 11) is 2.14. The quantitative estimate of drug-likeness (QED) is 0.655. The second kappa shape index (κ2) is 7.95. The molecule has 0 bridgehead atoms. The number of carbonyl (C=O) groups is 1. The van der Waals surface area contributed by atoms with E-state index >= 15 is 0 Å². The van der Waals surface area contributed by atoms with Crippen molar-refractivity contribution in [3.8, 4) is 11.4 Å². The highest BCUT2D eigenvalue weighted by molar-refractivity contribution is 6.01. The smallest absolute Gasteiger partial charge is 0.258 e. The predicted molar refractivity (Wildman–Crippen MR) is 115 cm³/mol. The Kier molecular flexibility index (Phi) is 5.01. The van der Waals surface area contributed by atoms with Crippen LogP contribution in [0.4, 0.5) is 0 Å². The zero-order valence-corrected chi connectivity index (χ0v) is 17.2. The number of carbonyl (C=O) groups excluding carboxylic acids is 1. The number of hydrogen-bond donors (Lipinski definition) is 0. The van der Waals surface area contributed by atoms with Gasteiger partial charge in [0, 0.05) is 38.6 Å². The summed E-state index contributed by atoms with van der Waals surface area (Å²) in [5.74, 6) is 0.799. The minimum atomic E-state index is 0.0599. The van der Waals surface area contributed by atoms with Gasteiger partial charge in [0.1, 0.15) is 11.9 Å². The van der Waals surface area contributed by atoms with E-state index in [0.717, 1.165) is 54.1 Å². The number of amides is 1. The molecule has 1 fully saturated rings. The van der Waals surface area contributed by atoms with Gasteiger partial charge < -0.3 is 14.5 Å². The number of aromatic nitrogens is 2. The van der Waals surface area contributed by atoms with Crippen LogP contribution in [0.2, 0.25) is 0 Å². The molecule has 154 valence electrons. The molecule has 5 rings (SSSR count). The van der Waals surface area contributed by atoms with Crippen LogP contribution in [0.5, 0.6) is 5.75 Å². The number of piperidine rings is 1. The summed E-state index contributed by atoms with van der Waals surface area (Å²) in [6, 6.07) is 16.1. The molecule has 2 aliphatic heterocycles. The molecular weight excluding hydrogens is 376 g/mol. The van der Waals surface area contributed by atoms with Gasteiger partial charge in [0.05, 0.1) is 11.3 Å². The van der Waals surface area contributed by atoms with Crippen LogP contribution in [0, 0.1) is 0 Å². The summed E-state index contributed by atoms with van der Waals surface area (Å²) in [4.78, 5) is 17.4. The van der Waals surface area contributed by atoms with E-state index in [1.807, 2.05) is 52.2 Å². The summed E-state index contributed by atoms with van der Waals surface area (Å²) in [6.45, 7) is 3.28. The Labute approximate surface area is 176 Å². The SMILES string of the molecule is CN1CCC(Oc2cccc3c2C(=O)N(Cc2ccc(-n4cccn4)cc2)C3)CC1. The molecule has 0 saturated carbocycles. The molecule has 0 N–H and O–H groups in total. The number of likely N-dealkylation sites (tertiary alicyclic amines) is 1. The molecule has 0 atom stereocenters. The third-order valence-electron chi connectivity index (χ3n) is 6.01. The Balaban J connectivity index is 1.29. The summed E-state index contributed by atoms with van der Waals surface area (Å²) in [5, 5.41) is 4.26. The lowest BCUT2D eigenvalue weighted by atomic mass is 10.1. The molecule has 0 unspecified atom stereocenters. The Morgan fingerprint density at radius 2 is 1.87 bits per heavy atom. The summed E-state index contributed by atoms with van der Waals surface area (Å²) >= 11 is 0. The summed E-state index contributed by atoms with van der Waals surface area (Å²) in [5.41, 5.74) is 3.90. The number of rotatable bonds is 5. The van der Waals surface area contributed by atoms with E-state index in [0.29, 0.717) is 13.1 Å². The van der Waals surface area contributed by atoms with Crippen LogP contribution >= 0.6 is 0 Å². The molecule has 2 aliphatic rings. The number of benzene rings is 2. The molecule has 6 nitrogen and oxygen atoms in total. The van der Waals surface area contributed by atoms with Crippen LogP contribution in [-0.4, -0.2) is 51.7 Å². The van der Waals surface area contributed by atoms with Gasteiger partial charge in [-0.1, -0.05) is 24.3 Å². The number of ether oxygens (including phenoxy) is 1. The second-order valence-corrected chi connectivity index (χ2v) is 8.19. The minimum Gasteiger partial charge on any atom is -0.489 e. The van der Waals surface area contributed by atoms with Crippen molar-refractivity contribution < 1.29 is 9.53 Å². The molecule has 3 aromatic rings. The van der Waals surface area contributed by atoms with E-state index in [1.54, 1.807) is 6.20 Å². The van der Waals surface area contributed by atoms with Crippen LogP contribution in [-0.2, 0) is 13.1 Å². The predicted octanol–water partition coefficient (Wildman–Crippen LogP) is 3.50. The van der Waals surface area contributed by atoms with Gasteiger partial charge >= 0.3 is 0 Å². The molecule has 1 saturated heterocycles. The van der Waals surface area contributed by atoms with E-state index in [2.05, 4.69) is 29.2 Å². The van der Waals surface area contributed by atoms with Crippen LogP contribution in [0.1, 0.15) is 34.3 Å². The van der Waals surface area contributed by atoms with Crippen LogP contribution in [0.25, 0.3) is 5.69 Å². The number of fused-ring (bicyclic) bond motifs is 1. The maximum absolute atomic E-state index is 13.2. The Morgan fingerprint density at radius 3 is 2.60 bits per heavy atom. The maximum atomic E-state index is 13.2. The lowest BCUT2D eigenvalue weighted by molar-refractivity contribution is 0.0754. The zero-order valence-electron chi connectivity index (χ0n) is 17.2. The highest BCUT2D eigenvalue weighted by Gasteiger charge is 2.31. The lowest BCUT2D eigenvalue weighted by Gasteiger charge is -2.29. The molecule has 0 aliphatic carbocycles. The fourth-order valence-corrected chi connectivity index (χ4v) is 4.29. The first-order valence-corrected chi connectivity index (χ1v) is 10.5. The van der Waals surface area contributed by atoms with Crippen molar-refractivity contribution in [2.24, 2.45) is 0 Å². The van der Waals surface area contributed by atoms with Crippen LogP contribution in [0.15, 0.2) is 60.9 Å². The molecule has 0 radical (unpaired) electrons. The van der Waals surface area contributed by atoms with Gasteiger partial charge in [-0.25, -0.2) is 4.68 Å². The van der Waals surface area contributed by atoms with Crippen molar-refractivity contribution in [1.29, 1.82) is 0 Å². The normalized spacial score (nSPS) is 17.4. The highest BCUT2D eigenvalue weighted by atomic mass is 16.5. The molecule has 2 aromatic carbocycles. The Morgan fingerprint density at radius 1 is 1.07 bits per heavy atom. The first-order chi connectivity index (χ1) is 14.7. The number of nitrogens with zero attached hydrogens (tertiary/aromatic N) is 4. The van der Waals surface area contributed by atoms with E-state index in [1.165, 1.54) is 0 Å². The largest absolute Gasteiger partial charge is 0.489 e. The van der Waals surface area contributed by atoms with Gasteiger partial charge in [-0.2, -0.15) is 5.10 Å². The topological polar surface area (TPSA) is 50.6 Å². The minimum absolute atomic E-state index is 0.0599. The molecule has 0 spiro atoms. The van der Waals surface area contributed by atoms with Crippen LogP contribution in [0.3, 0.4) is 0 Å². The fourth-order valence-electron chi connectivity index (χ4n) is 4.29. The Bertz CT molecular complexity index is 1020. The van der Waals surface area contributed by atoms with Gasteiger partial charge in [0.25, 0.3) is 5.91 Å². The molecule has 1 aromatic heterocycles. The van der Waals surface area contributed by atoms with Crippen molar-refractivity contribution in [3.05, 3.63) is 77.6 Å². The van der Waals surface area contributed by atoms with Crippen molar-refractivity contribution in [2.75, 3.05) is 20.1 Å². The zero-order chi connectivity index (χ0) is 20.5. The maximum Gasteiger partial charge on any atom is 0.258 e. The van der Waals surface area contributed by atoms with Gasteiger partial charge in [-0.15, -0.1) is 0 Å². The average Bonchev–Trinajstić information content (AvgIpc) is 3.40. The van der Waals surface area contributed by atoms with Gasteiger partial charge in [0.2, 0.25) is 0 Å². The standard InChI is InChI=1S/C24H26N4O2/c1-26-14-10-21(11-15-26)30-22-5-2-4-19-17-27(24(29)23(19)22)16-18-6-8-20(9-7-18)28-13-3-12-25-28/h2-9,12-13,21H,10-11,14-17H2,1H3. The van der Waals surface area contributed by atoms with Crippen molar-refractivity contribution in [2.45, 2.75) is 32.0 Å². The van der Waals surface area contributed by atoms with Crippen molar-refractivity contribution in [3.63, 3.8) is 0 Å². The van der Waals surface area contributed by atoms with E-state index in [9.17, 15) is 4.79 Å². The van der Waals surface area contributed by atoms with Gasteiger partial charge in [-0.05, 0) is 55.3 Å². The van der Waals surface area contributed by atoms with Gasteiger partial charge in [-0.3, -0.25) is 4.79 Å². The third-order valence-corrected chi connectivity index (χ3v) is 6.01.